The lowest BCUT2D eigenvalue weighted by Crippen LogP contribution is -2.40. The van der Waals surface area contributed by atoms with E-state index >= 15 is 0 Å². The summed E-state index contributed by atoms with van der Waals surface area (Å²) in [4.78, 5) is 18.7. The Kier molecular flexibility index (Phi) is 4.62. The van der Waals surface area contributed by atoms with Crippen LogP contribution in [-0.2, 0) is 0 Å². The van der Waals surface area contributed by atoms with Gasteiger partial charge in [0.1, 0.15) is 17.0 Å². The van der Waals surface area contributed by atoms with Gasteiger partial charge in [0.25, 0.3) is 5.91 Å². The quantitative estimate of drug-likeness (QED) is 0.867. The van der Waals surface area contributed by atoms with E-state index in [0.717, 1.165) is 30.6 Å². The van der Waals surface area contributed by atoms with Crippen LogP contribution in [0.25, 0.3) is 10.9 Å². The normalized spacial score (nSPS) is 18.6. The standard InChI is InChI=1S/C17H19FN2OS/c1-22-11-12-4-3-9-20(10-12)17(21)15-8-7-13-5-2-6-14(18)16(13)19-15/h2,5-8,12H,3-4,9-11H2,1H3/t12-/m1/s1. The van der Waals surface area contributed by atoms with E-state index in [1.165, 1.54) is 12.5 Å². The summed E-state index contributed by atoms with van der Waals surface area (Å²) >= 11 is 1.82. The SMILES string of the molecule is CSC[C@@H]1CCCN(C(=O)c2ccc3cccc(F)c3n2)C1. The van der Waals surface area contributed by atoms with E-state index in [0.29, 0.717) is 11.6 Å². The number of piperidine rings is 1. The monoisotopic (exact) mass is 318 g/mol. The first kappa shape index (κ1) is 15.3. The van der Waals surface area contributed by atoms with E-state index in [4.69, 9.17) is 0 Å². The Labute approximate surface area is 133 Å². The van der Waals surface area contributed by atoms with Crippen LogP contribution < -0.4 is 0 Å². The summed E-state index contributed by atoms with van der Waals surface area (Å²) in [6.07, 6.45) is 4.29. The fraction of sp³-hybridized carbons (Fsp3) is 0.412. The van der Waals surface area contributed by atoms with Crippen molar-refractivity contribution in [2.24, 2.45) is 5.92 Å². The Morgan fingerprint density at radius 3 is 3.09 bits per heavy atom. The van der Waals surface area contributed by atoms with Gasteiger partial charge in [-0.1, -0.05) is 18.2 Å². The number of thioether (sulfide) groups is 1. The van der Waals surface area contributed by atoms with Crippen molar-refractivity contribution in [1.29, 1.82) is 0 Å². The van der Waals surface area contributed by atoms with Gasteiger partial charge in [0, 0.05) is 18.5 Å². The van der Waals surface area contributed by atoms with Crippen molar-refractivity contribution in [1.82, 2.24) is 9.88 Å². The fourth-order valence-corrected chi connectivity index (χ4v) is 3.76. The Balaban J connectivity index is 1.84. The number of hydrogen-bond donors (Lipinski definition) is 0. The van der Waals surface area contributed by atoms with Crippen LogP contribution in [0.2, 0.25) is 0 Å². The van der Waals surface area contributed by atoms with Crippen LogP contribution in [0.4, 0.5) is 4.39 Å². The number of halogens is 1. The summed E-state index contributed by atoms with van der Waals surface area (Å²) in [5.74, 6) is 1.15. The smallest absolute Gasteiger partial charge is 0.272 e. The van der Waals surface area contributed by atoms with Crippen LogP contribution >= 0.6 is 11.8 Å². The van der Waals surface area contributed by atoms with Crippen LogP contribution in [0, 0.1) is 11.7 Å². The van der Waals surface area contributed by atoms with E-state index in [1.54, 1.807) is 24.3 Å². The molecule has 1 amide bonds. The molecule has 0 radical (unpaired) electrons. The van der Waals surface area contributed by atoms with E-state index in [9.17, 15) is 9.18 Å². The number of fused-ring (bicyclic) bond motifs is 1. The van der Waals surface area contributed by atoms with Crippen LogP contribution in [-0.4, -0.2) is 40.9 Å². The van der Waals surface area contributed by atoms with Gasteiger partial charge in [0.05, 0.1) is 0 Å². The predicted octanol–water partition coefficient (Wildman–Crippen LogP) is 3.59. The van der Waals surface area contributed by atoms with Gasteiger partial charge in [0.2, 0.25) is 0 Å². The zero-order valence-corrected chi connectivity index (χ0v) is 13.4. The van der Waals surface area contributed by atoms with Gasteiger partial charge in [-0.05, 0) is 42.9 Å². The molecule has 1 aliphatic heterocycles. The molecule has 0 unspecified atom stereocenters. The van der Waals surface area contributed by atoms with Crippen molar-refractivity contribution in [3.63, 3.8) is 0 Å². The number of amides is 1. The molecule has 1 fully saturated rings. The summed E-state index contributed by atoms with van der Waals surface area (Å²) in [7, 11) is 0. The highest BCUT2D eigenvalue weighted by atomic mass is 32.2. The second-order valence-electron chi connectivity index (χ2n) is 5.72. The molecule has 0 N–H and O–H groups in total. The Morgan fingerprint density at radius 2 is 2.27 bits per heavy atom. The number of nitrogens with zero attached hydrogens (tertiary/aromatic N) is 2. The number of carbonyl (C=O) groups is 1. The second-order valence-corrected chi connectivity index (χ2v) is 6.63. The lowest BCUT2D eigenvalue weighted by atomic mass is 9.99. The second kappa shape index (κ2) is 6.65. The highest BCUT2D eigenvalue weighted by Gasteiger charge is 2.25. The summed E-state index contributed by atoms with van der Waals surface area (Å²) in [5.41, 5.74) is 0.605. The predicted molar refractivity (Wildman–Crippen MR) is 88.7 cm³/mol. The van der Waals surface area contributed by atoms with Crippen molar-refractivity contribution in [2.75, 3.05) is 25.1 Å². The molecule has 116 valence electrons. The molecule has 1 aromatic heterocycles. The lowest BCUT2D eigenvalue weighted by molar-refractivity contribution is 0.0680. The van der Waals surface area contributed by atoms with Crippen LogP contribution in [0.15, 0.2) is 30.3 Å². The van der Waals surface area contributed by atoms with Crippen molar-refractivity contribution < 1.29 is 9.18 Å². The first-order valence-corrected chi connectivity index (χ1v) is 8.92. The number of aromatic nitrogens is 1. The molecule has 1 saturated heterocycles. The molecule has 1 aromatic carbocycles. The van der Waals surface area contributed by atoms with E-state index in [1.807, 2.05) is 16.7 Å². The molecule has 5 heteroatoms. The van der Waals surface area contributed by atoms with Gasteiger partial charge in [-0.15, -0.1) is 0 Å². The molecule has 1 atom stereocenters. The minimum atomic E-state index is -0.383. The maximum absolute atomic E-state index is 13.8. The summed E-state index contributed by atoms with van der Waals surface area (Å²) in [6.45, 7) is 1.54. The molecule has 2 heterocycles. The highest BCUT2D eigenvalue weighted by Crippen LogP contribution is 2.22. The molecule has 0 spiro atoms. The Morgan fingerprint density at radius 1 is 1.41 bits per heavy atom. The fourth-order valence-electron chi connectivity index (χ4n) is 3.01. The van der Waals surface area contributed by atoms with Gasteiger partial charge in [-0.25, -0.2) is 9.37 Å². The molecule has 0 saturated carbocycles. The Hall–Kier alpha value is -1.62. The number of para-hydroxylation sites is 1. The molecular formula is C17H19FN2OS. The average molecular weight is 318 g/mol. The minimum Gasteiger partial charge on any atom is -0.337 e. The molecular weight excluding hydrogens is 299 g/mol. The Bertz CT molecular complexity index is 689. The van der Waals surface area contributed by atoms with Gasteiger partial charge in [-0.2, -0.15) is 11.8 Å². The lowest BCUT2D eigenvalue weighted by Gasteiger charge is -2.32. The molecule has 22 heavy (non-hydrogen) atoms. The van der Waals surface area contributed by atoms with E-state index in [2.05, 4.69) is 11.2 Å². The van der Waals surface area contributed by atoms with Crippen molar-refractivity contribution >= 4 is 28.6 Å². The minimum absolute atomic E-state index is 0.0871. The van der Waals surface area contributed by atoms with Crippen molar-refractivity contribution in [3.8, 4) is 0 Å². The molecule has 1 aliphatic rings. The molecule has 0 bridgehead atoms. The van der Waals surface area contributed by atoms with Crippen molar-refractivity contribution in [3.05, 3.63) is 41.8 Å². The zero-order chi connectivity index (χ0) is 15.5. The topological polar surface area (TPSA) is 33.2 Å². The van der Waals surface area contributed by atoms with Gasteiger partial charge < -0.3 is 4.90 Å². The number of benzene rings is 1. The largest absolute Gasteiger partial charge is 0.337 e. The number of rotatable bonds is 3. The van der Waals surface area contributed by atoms with Crippen LogP contribution in [0.5, 0.6) is 0 Å². The zero-order valence-electron chi connectivity index (χ0n) is 12.6. The first-order chi connectivity index (χ1) is 10.7. The maximum Gasteiger partial charge on any atom is 0.272 e. The molecule has 2 aromatic rings. The number of carbonyl (C=O) groups excluding carboxylic acids is 1. The van der Waals surface area contributed by atoms with E-state index in [-0.39, 0.29) is 17.2 Å². The average Bonchev–Trinajstić information content (AvgIpc) is 2.55. The third-order valence-electron chi connectivity index (χ3n) is 4.10. The third-order valence-corrected chi connectivity index (χ3v) is 4.90. The van der Waals surface area contributed by atoms with Crippen LogP contribution in [0.3, 0.4) is 0 Å². The molecule has 3 rings (SSSR count). The van der Waals surface area contributed by atoms with Crippen LogP contribution in [0.1, 0.15) is 23.3 Å². The molecule has 0 aliphatic carbocycles. The summed E-state index contributed by atoms with van der Waals surface area (Å²) in [6, 6.07) is 8.29. The molecule has 3 nitrogen and oxygen atoms in total. The number of likely N-dealkylation sites (tertiary alicyclic amines) is 1. The summed E-state index contributed by atoms with van der Waals surface area (Å²) < 4.78 is 13.8. The van der Waals surface area contributed by atoms with Crippen molar-refractivity contribution in [2.45, 2.75) is 12.8 Å². The number of pyridine rings is 1. The first-order valence-electron chi connectivity index (χ1n) is 7.52. The summed E-state index contributed by atoms with van der Waals surface area (Å²) in [5, 5.41) is 0.718. The van der Waals surface area contributed by atoms with Gasteiger partial charge >= 0.3 is 0 Å². The number of hydrogen-bond acceptors (Lipinski definition) is 3. The van der Waals surface area contributed by atoms with Gasteiger partial charge in [0.15, 0.2) is 0 Å². The maximum atomic E-state index is 13.8. The van der Waals surface area contributed by atoms with Gasteiger partial charge in [-0.3, -0.25) is 4.79 Å². The third kappa shape index (κ3) is 3.09. The van der Waals surface area contributed by atoms with E-state index < -0.39 is 0 Å². The highest BCUT2D eigenvalue weighted by molar-refractivity contribution is 7.98.